The van der Waals surface area contributed by atoms with Crippen molar-refractivity contribution in [3.8, 4) is 0 Å². The molecular formula is C20H28FN3O3. The number of halogens is 1. The number of benzene rings is 1. The van der Waals surface area contributed by atoms with Crippen molar-refractivity contribution in [1.29, 1.82) is 0 Å². The summed E-state index contributed by atoms with van der Waals surface area (Å²) < 4.78 is 24.6. The van der Waals surface area contributed by atoms with Gasteiger partial charge in [0.25, 0.3) is 0 Å². The van der Waals surface area contributed by atoms with E-state index >= 15 is 0 Å². The van der Waals surface area contributed by atoms with Gasteiger partial charge in [0.15, 0.2) is 0 Å². The molecule has 2 amide bonds. The van der Waals surface area contributed by atoms with E-state index in [9.17, 15) is 9.18 Å². The Morgan fingerprint density at radius 1 is 1.19 bits per heavy atom. The molecule has 7 heteroatoms. The van der Waals surface area contributed by atoms with E-state index in [1.165, 1.54) is 6.07 Å². The van der Waals surface area contributed by atoms with Crippen LogP contribution < -0.4 is 5.32 Å². The summed E-state index contributed by atoms with van der Waals surface area (Å²) in [5.74, 6) is 0.477. The van der Waals surface area contributed by atoms with Crippen LogP contribution in [0.3, 0.4) is 0 Å². The minimum Gasteiger partial charge on any atom is -0.467 e. The minimum absolute atomic E-state index is 0.203. The summed E-state index contributed by atoms with van der Waals surface area (Å²) in [6.07, 6.45) is 2.30. The lowest BCUT2D eigenvalue weighted by atomic mass is 10.2. The molecule has 2 aromatic rings. The van der Waals surface area contributed by atoms with E-state index in [2.05, 4.69) is 5.32 Å². The minimum atomic E-state index is -0.300. The molecule has 0 radical (unpaired) electrons. The SMILES string of the molecule is CN(C)CCN(Cc1ccccc1F)C(=O)NCCCOCc1ccco1. The van der Waals surface area contributed by atoms with Crippen LogP contribution >= 0.6 is 0 Å². The van der Waals surface area contributed by atoms with Crippen LogP contribution in [0.25, 0.3) is 0 Å². The summed E-state index contributed by atoms with van der Waals surface area (Å²) in [6.45, 7) is 2.89. The summed E-state index contributed by atoms with van der Waals surface area (Å²) in [4.78, 5) is 16.1. The molecule has 0 aliphatic heterocycles. The smallest absolute Gasteiger partial charge is 0.317 e. The Kier molecular flexibility index (Phi) is 8.80. The average Bonchev–Trinajstić information content (AvgIpc) is 3.16. The maximum absolute atomic E-state index is 13.9. The highest BCUT2D eigenvalue weighted by Crippen LogP contribution is 2.10. The van der Waals surface area contributed by atoms with Crippen LogP contribution in [0.15, 0.2) is 47.1 Å². The zero-order valence-electron chi connectivity index (χ0n) is 16.0. The average molecular weight is 377 g/mol. The lowest BCUT2D eigenvalue weighted by molar-refractivity contribution is 0.104. The molecule has 0 aliphatic carbocycles. The summed E-state index contributed by atoms with van der Waals surface area (Å²) in [5, 5.41) is 2.88. The van der Waals surface area contributed by atoms with Crippen molar-refractivity contribution in [2.45, 2.75) is 19.6 Å². The Bertz CT molecular complexity index is 677. The molecule has 0 saturated carbocycles. The third-order valence-electron chi connectivity index (χ3n) is 3.99. The Hall–Kier alpha value is -2.38. The van der Waals surface area contributed by atoms with E-state index in [1.54, 1.807) is 29.4 Å². The van der Waals surface area contributed by atoms with Gasteiger partial charge in [-0.3, -0.25) is 0 Å². The van der Waals surface area contributed by atoms with Crippen molar-refractivity contribution >= 4 is 6.03 Å². The van der Waals surface area contributed by atoms with Crippen molar-refractivity contribution in [2.24, 2.45) is 0 Å². The number of carbonyl (C=O) groups is 1. The molecule has 27 heavy (non-hydrogen) atoms. The second-order valence-electron chi connectivity index (χ2n) is 6.53. The van der Waals surface area contributed by atoms with Crippen LogP contribution in [0.1, 0.15) is 17.7 Å². The van der Waals surface area contributed by atoms with Gasteiger partial charge < -0.3 is 24.3 Å². The van der Waals surface area contributed by atoms with Gasteiger partial charge in [0.2, 0.25) is 0 Å². The van der Waals surface area contributed by atoms with Gasteiger partial charge in [-0.05, 0) is 38.7 Å². The van der Waals surface area contributed by atoms with E-state index in [0.717, 1.165) is 5.76 Å². The second kappa shape index (κ2) is 11.4. The normalized spacial score (nSPS) is 11.0. The van der Waals surface area contributed by atoms with Crippen LogP contribution in [0.2, 0.25) is 0 Å². The molecule has 0 spiro atoms. The fourth-order valence-corrected chi connectivity index (χ4v) is 2.45. The number of rotatable bonds is 11. The lowest BCUT2D eigenvalue weighted by Crippen LogP contribution is -2.43. The van der Waals surface area contributed by atoms with Crippen molar-refractivity contribution in [3.63, 3.8) is 0 Å². The number of nitrogens with one attached hydrogen (secondary N) is 1. The summed E-state index contributed by atoms with van der Waals surface area (Å²) >= 11 is 0. The predicted molar refractivity (Wildman–Crippen MR) is 102 cm³/mol. The third-order valence-corrected chi connectivity index (χ3v) is 3.99. The molecule has 0 aliphatic rings. The largest absolute Gasteiger partial charge is 0.467 e. The molecule has 0 saturated heterocycles. The predicted octanol–water partition coefficient (Wildman–Crippen LogP) is 3.10. The van der Waals surface area contributed by atoms with Crippen molar-refractivity contribution in [2.75, 3.05) is 40.3 Å². The molecule has 2 rings (SSSR count). The molecule has 0 bridgehead atoms. The van der Waals surface area contributed by atoms with Crippen molar-refractivity contribution < 1.29 is 18.3 Å². The number of ether oxygens (including phenoxy) is 1. The van der Waals surface area contributed by atoms with Gasteiger partial charge >= 0.3 is 6.03 Å². The molecule has 0 atom stereocenters. The molecule has 148 valence electrons. The molecule has 6 nitrogen and oxygen atoms in total. The topological polar surface area (TPSA) is 58.0 Å². The lowest BCUT2D eigenvalue weighted by Gasteiger charge is -2.25. The summed E-state index contributed by atoms with van der Waals surface area (Å²) in [6, 6.07) is 10.00. The number of nitrogens with zero attached hydrogens (tertiary/aromatic N) is 2. The first-order valence-electron chi connectivity index (χ1n) is 9.07. The van der Waals surface area contributed by atoms with Crippen LogP contribution in [0.4, 0.5) is 9.18 Å². The first-order valence-corrected chi connectivity index (χ1v) is 9.07. The van der Waals surface area contributed by atoms with Crippen LogP contribution in [-0.4, -0.2) is 56.2 Å². The van der Waals surface area contributed by atoms with Gasteiger partial charge in [-0.2, -0.15) is 0 Å². The van der Waals surface area contributed by atoms with Gasteiger partial charge in [-0.1, -0.05) is 18.2 Å². The van der Waals surface area contributed by atoms with Gasteiger partial charge in [0.05, 0.1) is 12.8 Å². The van der Waals surface area contributed by atoms with Gasteiger partial charge in [-0.25, -0.2) is 9.18 Å². The molecule has 1 N–H and O–H groups in total. The van der Waals surface area contributed by atoms with Gasteiger partial charge in [0, 0.05) is 31.8 Å². The standard InChI is InChI=1S/C20H28FN3O3/c1-23(2)11-12-24(15-17-7-3-4-9-19(17)21)20(25)22-10-6-13-26-16-18-8-5-14-27-18/h3-5,7-9,14H,6,10-13,15-16H2,1-2H3,(H,22,25). The zero-order chi connectivity index (χ0) is 19.5. The van der Waals surface area contributed by atoms with E-state index in [0.29, 0.717) is 44.8 Å². The maximum Gasteiger partial charge on any atom is 0.317 e. The zero-order valence-corrected chi connectivity index (χ0v) is 16.0. The molecule has 0 unspecified atom stereocenters. The van der Waals surface area contributed by atoms with Gasteiger partial charge in [-0.15, -0.1) is 0 Å². The fourth-order valence-electron chi connectivity index (χ4n) is 2.45. The van der Waals surface area contributed by atoms with Crippen molar-refractivity contribution in [3.05, 3.63) is 59.8 Å². The monoisotopic (exact) mass is 377 g/mol. The Morgan fingerprint density at radius 2 is 2.00 bits per heavy atom. The van der Waals surface area contributed by atoms with E-state index in [-0.39, 0.29) is 18.4 Å². The van der Waals surface area contributed by atoms with E-state index in [4.69, 9.17) is 9.15 Å². The fraction of sp³-hybridized carbons (Fsp3) is 0.450. The van der Waals surface area contributed by atoms with Gasteiger partial charge in [0.1, 0.15) is 18.2 Å². The molecule has 1 aromatic carbocycles. The Morgan fingerprint density at radius 3 is 2.70 bits per heavy atom. The number of likely N-dealkylation sites (N-methyl/N-ethyl adjacent to an activating group) is 1. The van der Waals surface area contributed by atoms with E-state index in [1.807, 2.05) is 31.1 Å². The van der Waals surface area contributed by atoms with E-state index < -0.39 is 0 Å². The molecule has 1 aromatic heterocycles. The van der Waals surface area contributed by atoms with Crippen LogP contribution in [-0.2, 0) is 17.9 Å². The number of urea groups is 1. The van der Waals surface area contributed by atoms with Crippen molar-refractivity contribution in [1.82, 2.24) is 15.1 Å². The number of furan rings is 1. The molecular weight excluding hydrogens is 349 g/mol. The summed E-state index contributed by atoms with van der Waals surface area (Å²) in [5.41, 5.74) is 0.508. The second-order valence-corrected chi connectivity index (χ2v) is 6.53. The number of carbonyl (C=O) groups excluding carboxylic acids is 1. The quantitative estimate of drug-likeness (QED) is 0.612. The number of hydrogen-bond donors (Lipinski definition) is 1. The molecule has 0 fully saturated rings. The Labute approximate surface area is 159 Å². The number of amides is 2. The third kappa shape index (κ3) is 7.80. The first kappa shape index (κ1) is 20.9. The first-order chi connectivity index (χ1) is 13.1. The molecule has 1 heterocycles. The highest BCUT2D eigenvalue weighted by Gasteiger charge is 2.15. The highest BCUT2D eigenvalue weighted by molar-refractivity contribution is 5.74. The summed E-state index contributed by atoms with van der Waals surface area (Å²) in [7, 11) is 3.88. The highest BCUT2D eigenvalue weighted by atomic mass is 19.1. The Balaban J connectivity index is 1.75. The van der Waals surface area contributed by atoms with Crippen LogP contribution in [0.5, 0.6) is 0 Å². The van der Waals surface area contributed by atoms with Crippen LogP contribution in [0, 0.1) is 5.82 Å². The number of hydrogen-bond acceptors (Lipinski definition) is 4. The maximum atomic E-state index is 13.9.